The van der Waals surface area contributed by atoms with Crippen LogP contribution in [0.5, 0.6) is 0 Å². The molecule has 0 bridgehead atoms. The van der Waals surface area contributed by atoms with Crippen LogP contribution in [0.3, 0.4) is 0 Å². The van der Waals surface area contributed by atoms with E-state index in [2.05, 4.69) is 31.0 Å². The maximum Gasteiger partial charge on any atom is 0.0648 e. The molecule has 2 unspecified atom stereocenters. The maximum atomic E-state index is 5.61. The zero-order valence-corrected chi connectivity index (χ0v) is 11.7. The summed E-state index contributed by atoms with van der Waals surface area (Å²) in [6.07, 6.45) is 3.75. The van der Waals surface area contributed by atoms with Crippen molar-refractivity contribution >= 4 is 0 Å². The number of hydrogen-bond donors (Lipinski definition) is 1. The zero-order chi connectivity index (χ0) is 12.3. The van der Waals surface area contributed by atoms with Gasteiger partial charge in [0.25, 0.3) is 0 Å². The van der Waals surface area contributed by atoms with Gasteiger partial charge in [-0.2, -0.15) is 0 Å². The highest BCUT2D eigenvalue weighted by atomic mass is 16.5. The van der Waals surface area contributed by atoms with Gasteiger partial charge in [0.15, 0.2) is 0 Å². The van der Waals surface area contributed by atoms with Crippen LogP contribution in [-0.2, 0) is 4.74 Å². The highest BCUT2D eigenvalue weighted by molar-refractivity contribution is 4.93. The first-order valence-electron chi connectivity index (χ1n) is 7.16. The molecule has 0 aromatic carbocycles. The van der Waals surface area contributed by atoms with Gasteiger partial charge in [-0.05, 0) is 38.6 Å². The molecule has 2 atom stereocenters. The molecule has 2 aliphatic rings. The molecule has 0 saturated carbocycles. The third-order valence-corrected chi connectivity index (χ3v) is 4.20. The van der Waals surface area contributed by atoms with E-state index in [9.17, 15) is 0 Å². The van der Waals surface area contributed by atoms with E-state index >= 15 is 0 Å². The van der Waals surface area contributed by atoms with Gasteiger partial charge in [0.2, 0.25) is 0 Å². The molecule has 3 nitrogen and oxygen atoms in total. The summed E-state index contributed by atoms with van der Waals surface area (Å²) in [5, 5.41) is 3.70. The Morgan fingerprint density at radius 3 is 2.94 bits per heavy atom. The van der Waals surface area contributed by atoms with Crippen molar-refractivity contribution in [3.63, 3.8) is 0 Å². The summed E-state index contributed by atoms with van der Waals surface area (Å²) in [6, 6.07) is 0.662. The van der Waals surface area contributed by atoms with Gasteiger partial charge in [-0.15, -0.1) is 0 Å². The minimum Gasteiger partial charge on any atom is -0.379 e. The molecule has 2 heterocycles. The fourth-order valence-electron chi connectivity index (χ4n) is 3.12. The van der Waals surface area contributed by atoms with Crippen LogP contribution in [0.15, 0.2) is 0 Å². The molecular weight excluding hydrogens is 212 g/mol. The fraction of sp³-hybridized carbons (Fsp3) is 1.00. The van der Waals surface area contributed by atoms with Crippen molar-refractivity contribution in [2.45, 2.75) is 51.6 Å². The molecule has 0 radical (unpaired) electrons. The molecule has 0 amide bonds. The molecule has 0 aromatic rings. The maximum absolute atomic E-state index is 5.61. The van der Waals surface area contributed by atoms with Crippen molar-refractivity contribution in [2.75, 3.05) is 32.8 Å². The molecule has 2 rings (SSSR count). The van der Waals surface area contributed by atoms with E-state index in [4.69, 9.17) is 4.74 Å². The van der Waals surface area contributed by atoms with Crippen LogP contribution in [0.25, 0.3) is 0 Å². The Morgan fingerprint density at radius 2 is 2.29 bits per heavy atom. The van der Waals surface area contributed by atoms with Crippen LogP contribution in [0.2, 0.25) is 0 Å². The van der Waals surface area contributed by atoms with Gasteiger partial charge in [-0.3, -0.25) is 4.90 Å². The van der Waals surface area contributed by atoms with Gasteiger partial charge in [0.1, 0.15) is 0 Å². The van der Waals surface area contributed by atoms with Crippen molar-refractivity contribution in [1.29, 1.82) is 0 Å². The molecule has 2 aliphatic heterocycles. The molecule has 2 saturated heterocycles. The molecule has 0 aromatic heterocycles. The molecule has 100 valence electrons. The highest BCUT2D eigenvalue weighted by Gasteiger charge is 2.37. The normalized spacial score (nSPS) is 36.4. The second kappa shape index (κ2) is 5.68. The van der Waals surface area contributed by atoms with Gasteiger partial charge in [-0.1, -0.05) is 13.8 Å². The summed E-state index contributed by atoms with van der Waals surface area (Å²) in [5.41, 5.74) is 0.293. The minimum absolute atomic E-state index is 0.293. The minimum atomic E-state index is 0.293. The fourth-order valence-corrected chi connectivity index (χ4v) is 3.12. The van der Waals surface area contributed by atoms with Crippen LogP contribution in [0.1, 0.15) is 40.0 Å². The van der Waals surface area contributed by atoms with E-state index in [0.717, 1.165) is 19.1 Å². The molecule has 17 heavy (non-hydrogen) atoms. The van der Waals surface area contributed by atoms with Crippen LogP contribution in [0.4, 0.5) is 0 Å². The van der Waals surface area contributed by atoms with Crippen molar-refractivity contribution in [2.24, 2.45) is 5.92 Å². The Bertz CT molecular complexity index is 236. The predicted octanol–water partition coefficient (Wildman–Crippen LogP) is 1.88. The Hall–Kier alpha value is -0.120. The van der Waals surface area contributed by atoms with Crippen molar-refractivity contribution < 1.29 is 4.74 Å². The summed E-state index contributed by atoms with van der Waals surface area (Å²) in [5.74, 6) is 0.778. The van der Waals surface area contributed by atoms with E-state index in [1.54, 1.807) is 0 Å². The average Bonchev–Trinajstić information content (AvgIpc) is 2.57. The van der Waals surface area contributed by atoms with E-state index < -0.39 is 0 Å². The highest BCUT2D eigenvalue weighted by Crippen LogP contribution is 2.27. The predicted molar refractivity (Wildman–Crippen MR) is 71.3 cm³/mol. The van der Waals surface area contributed by atoms with E-state index in [0.29, 0.717) is 11.6 Å². The molecule has 3 heteroatoms. The Morgan fingerprint density at radius 1 is 1.47 bits per heavy atom. The number of hydrogen-bond acceptors (Lipinski definition) is 3. The lowest BCUT2D eigenvalue weighted by Crippen LogP contribution is -2.51. The molecular formula is C14H28N2O. The van der Waals surface area contributed by atoms with Crippen molar-refractivity contribution in [1.82, 2.24) is 10.2 Å². The second-order valence-electron chi connectivity index (χ2n) is 6.38. The lowest BCUT2D eigenvalue weighted by molar-refractivity contribution is 0.0761. The third kappa shape index (κ3) is 3.43. The number of ether oxygens (including phenoxy) is 1. The van der Waals surface area contributed by atoms with Gasteiger partial charge >= 0.3 is 0 Å². The largest absolute Gasteiger partial charge is 0.379 e. The standard InChI is InChI=1S/C14H28N2O/c1-12(2)9-13-10-16(7-4-6-15-13)14(3)5-8-17-11-14/h12-13,15H,4-11H2,1-3H3. The van der Waals surface area contributed by atoms with Gasteiger partial charge in [0, 0.05) is 31.3 Å². The molecule has 0 spiro atoms. The van der Waals surface area contributed by atoms with Crippen LogP contribution in [0, 0.1) is 5.92 Å². The van der Waals surface area contributed by atoms with Crippen LogP contribution < -0.4 is 5.32 Å². The number of nitrogens with zero attached hydrogens (tertiary/aromatic N) is 1. The number of nitrogens with one attached hydrogen (secondary N) is 1. The molecule has 2 fully saturated rings. The van der Waals surface area contributed by atoms with Crippen LogP contribution in [-0.4, -0.2) is 49.3 Å². The van der Waals surface area contributed by atoms with Crippen LogP contribution >= 0.6 is 0 Å². The summed E-state index contributed by atoms with van der Waals surface area (Å²) in [6.45, 7) is 12.5. The first-order valence-corrected chi connectivity index (χ1v) is 7.16. The van der Waals surface area contributed by atoms with Gasteiger partial charge in [0.05, 0.1) is 6.61 Å². The summed E-state index contributed by atoms with van der Waals surface area (Å²) < 4.78 is 5.61. The van der Waals surface area contributed by atoms with E-state index in [1.165, 1.54) is 38.9 Å². The summed E-state index contributed by atoms with van der Waals surface area (Å²) >= 11 is 0. The van der Waals surface area contributed by atoms with E-state index in [1.807, 2.05) is 0 Å². The van der Waals surface area contributed by atoms with E-state index in [-0.39, 0.29) is 0 Å². The lowest BCUT2D eigenvalue weighted by atomic mass is 9.96. The Balaban J connectivity index is 1.96. The molecule has 0 aliphatic carbocycles. The zero-order valence-electron chi connectivity index (χ0n) is 11.7. The van der Waals surface area contributed by atoms with Crippen molar-refractivity contribution in [3.8, 4) is 0 Å². The smallest absolute Gasteiger partial charge is 0.0648 e. The Labute approximate surface area is 106 Å². The Kier molecular flexibility index (Phi) is 4.45. The topological polar surface area (TPSA) is 24.5 Å². The lowest BCUT2D eigenvalue weighted by Gasteiger charge is -2.38. The SMILES string of the molecule is CC(C)CC1CN(C2(C)CCOC2)CCCN1. The first-order chi connectivity index (χ1) is 8.10. The van der Waals surface area contributed by atoms with Crippen molar-refractivity contribution in [3.05, 3.63) is 0 Å². The third-order valence-electron chi connectivity index (χ3n) is 4.20. The summed E-state index contributed by atoms with van der Waals surface area (Å²) in [4.78, 5) is 2.67. The number of rotatable bonds is 3. The van der Waals surface area contributed by atoms with Gasteiger partial charge < -0.3 is 10.1 Å². The monoisotopic (exact) mass is 240 g/mol. The average molecular weight is 240 g/mol. The first kappa shape index (κ1) is 13.3. The quantitative estimate of drug-likeness (QED) is 0.815. The molecule has 1 N–H and O–H groups in total. The second-order valence-corrected chi connectivity index (χ2v) is 6.38. The van der Waals surface area contributed by atoms with Gasteiger partial charge in [-0.25, -0.2) is 0 Å². The summed E-state index contributed by atoms with van der Waals surface area (Å²) in [7, 11) is 0.